The maximum atomic E-state index is 5.95. The minimum atomic E-state index is 0.542. The molecule has 0 bridgehead atoms. The highest BCUT2D eigenvalue weighted by Crippen LogP contribution is 2.24. The molecule has 0 N–H and O–H groups in total. The molecule has 1 atom stereocenters. The first-order valence-electron chi connectivity index (χ1n) is 8.61. The summed E-state index contributed by atoms with van der Waals surface area (Å²) in [5, 5.41) is 5.15. The first-order valence-corrected chi connectivity index (χ1v) is 8.98. The summed E-state index contributed by atoms with van der Waals surface area (Å²) < 4.78 is 7.09. The topological polar surface area (TPSA) is 56.1 Å². The molecule has 0 amide bonds. The predicted molar refractivity (Wildman–Crippen MR) is 102 cm³/mol. The van der Waals surface area contributed by atoms with Crippen LogP contribution in [0.15, 0.2) is 48.9 Å². The third-order valence-corrected chi connectivity index (χ3v) is 4.84. The van der Waals surface area contributed by atoms with Gasteiger partial charge < -0.3 is 9.64 Å². The van der Waals surface area contributed by atoms with Crippen LogP contribution in [-0.2, 0) is 4.74 Å². The summed E-state index contributed by atoms with van der Waals surface area (Å²) in [6.45, 7) is 2.67. The van der Waals surface area contributed by atoms with E-state index in [4.69, 9.17) is 21.3 Å². The van der Waals surface area contributed by atoms with Gasteiger partial charge in [0.05, 0.1) is 24.2 Å². The van der Waals surface area contributed by atoms with Crippen molar-refractivity contribution in [3.8, 4) is 16.9 Å². The maximum Gasteiger partial charge on any atom is 0.225 e. The fourth-order valence-electron chi connectivity index (χ4n) is 3.24. The highest BCUT2D eigenvalue weighted by atomic mass is 35.5. The van der Waals surface area contributed by atoms with Gasteiger partial charge in [0.2, 0.25) is 5.95 Å². The number of anilines is 1. The maximum absolute atomic E-state index is 5.95. The molecule has 26 heavy (non-hydrogen) atoms. The van der Waals surface area contributed by atoms with E-state index in [-0.39, 0.29) is 0 Å². The molecule has 7 heteroatoms. The van der Waals surface area contributed by atoms with Gasteiger partial charge in [0, 0.05) is 49.1 Å². The molecule has 134 valence electrons. The van der Waals surface area contributed by atoms with Gasteiger partial charge in [-0.05, 0) is 36.8 Å². The molecule has 0 spiro atoms. The van der Waals surface area contributed by atoms with E-state index >= 15 is 0 Å². The number of hydrogen-bond donors (Lipinski definition) is 0. The Bertz CT molecular complexity index is 880. The van der Waals surface area contributed by atoms with Crippen LogP contribution >= 0.6 is 11.6 Å². The number of hydrogen-bond acceptors (Lipinski definition) is 5. The standard InChI is InChI=1S/C19H20ClN5O/c1-26-13-14-7-9-24(11-14)19-21-8-6-18(23-19)15-10-22-25(12-15)17-4-2-16(20)3-5-17/h2-6,8,10,12,14H,7,9,11,13H2,1H3/t14-/m0/s1. The van der Waals surface area contributed by atoms with Gasteiger partial charge in [0.1, 0.15) is 0 Å². The van der Waals surface area contributed by atoms with Crippen molar-refractivity contribution >= 4 is 17.5 Å². The molecule has 0 aliphatic carbocycles. The minimum absolute atomic E-state index is 0.542. The molecule has 2 aromatic heterocycles. The van der Waals surface area contributed by atoms with Crippen molar-refractivity contribution in [2.24, 2.45) is 5.92 Å². The van der Waals surface area contributed by atoms with Gasteiger partial charge in [0.15, 0.2) is 0 Å². The van der Waals surface area contributed by atoms with Crippen molar-refractivity contribution in [1.29, 1.82) is 0 Å². The number of rotatable bonds is 5. The Balaban J connectivity index is 1.55. The Kier molecular flexibility index (Phi) is 4.86. The second kappa shape index (κ2) is 7.43. The molecule has 3 aromatic rings. The fraction of sp³-hybridized carbons (Fsp3) is 0.316. The van der Waals surface area contributed by atoms with E-state index in [1.165, 1.54) is 0 Å². The Morgan fingerprint density at radius 1 is 1.23 bits per heavy atom. The molecule has 6 nitrogen and oxygen atoms in total. The van der Waals surface area contributed by atoms with Crippen LogP contribution in [0.2, 0.25) is 5.02 Å². The molecule has 1 aromatic carbocycles. The fourth-order valence-corrected chi connectivity index (χ4v) is 3.36. The smallest absolute Gasteiger partial charge is 0.225 e. The van der Waals surface area contributed by atoms with Gasteiger partial charge in [-0.3, -0.25) is 0 Å². The van der Waals surface area contributed by atoms with Crippen LogP contribution < -0.4 is 4.90 Å². The van der Waals surface area contributed by atoms with Crippen molar-refractivity contribution in [2.45, 2.75) is 6.42 Å². The molecule has 1 saturated heterocycles. The molecular weight excluding hydrogens is 350 g/mol. The first-order chi connectivity index (χ1) is 12.7. The van der Waals surface area contributed by atoms with Crippen LogP contribution in [0, 0.1) is 5.92 Å². The number of nitrogens with zero attached hydrogens (tertiary/aromatic N) is 5. The zero-order valence-electron chi connectivity index (χ0n) is 14.5. The Labute approximate surface area is 157 Å². The normalized spacial score (nSPS) is 17.0. The lowest BCUT2D eigenvalue weighted by Gasteiger charge is -2.16. The molecule has 0 unspecified atom stereocenters. The number of halogens is 1. The van der Waals surface area contributed by atoms with Crippen molar-refractivity contribution in [3.63, 3.8) is 0 Å². The zero-order chi connectivity index (χ0) is 17.9. The van der Waals surface area contributed by atoms with Crippen LogP contribution in [0.3, 0.4) is 0 Å². The van der Waals surface area contributed by atoms with Crippen LogP contribution in [0.5, 0.6) is 0 Å². The summed E-state index contributed by atoms with van der Waals surface area (Å²) in [6.07, 6.45) is 6.70. The number of methoxy groups -OCH3 is 1. The lowest BCUT2D eigenvalue weighted by atomic mass is 10.1. The lowest BCUT2D eigenvalue weighted by molar-refractivity contribution is 0.161. The van der Waals surface area contributed by atoms with Crippen LogP contribution in [0.4, 0.5) is 5.95 Å². The molecule has 4 rings (SSSR count). The van der Waals surface area contributed by atoms with E-state index in [0.717, 1.165) is 49.0 Å². The van der Waals surface area contributed by atoms with Crippen molar-refractivity contribution < 1.29 is 4.74 Å². The van der Waals surface area contributed by atoms with Crippen molar-refractivity contribution in [3.05, 3.63) is 53.9 Å². The Hall–Kier alpha value is -2.44. The molecule has 3 heterocycles. The van der Waals surface area contributed by atoms with Crippen LogP contribution in [0.25, 0.3) is 16.9 Å². The molecule has 0 radical (unpaired) electrons. The van der Waals surface area contributed by atoms with Gasteiger partial charge in [-0.2, -0.15) is 5.10 Å². The van der Waals surface area contributed by atoms with E-state index in [2.05, 4.69) is 15.0 Å². The summed E-state index contributed by atoms with van der Waals surface area (Å²) in [7, 11) is 1.75. The highest BCUT2D eigenvalue weighted by Gasteiger charge is 2.24. The number of ether oxygens (including phenoxy) is 1. The summed E-state index contributed by atoms with van der Waals surface area (Å²) in [6, 6.07) is 9.49. The predicted octanol–water partition coefficient (Wildman–Crippen LogP) is 3.46. The summed E-state index contributed by atoms with van der Waals surface area (Å²) in [5.74, 6) is 1.31. The average Bonchev–Trinajstić information content (AvgIpc) is 3.33. The zero-order valence-corrected chi connectivity index (χ0v) is 15.3. The summed E-state index contributed by atoms with van der Waals surface area (Å²) in [5.41, 5.74) is 2.78. The molecule has 1 aliphatic rings. The van der Waals surface area contributed by atoms with E-state index < -0.39 is 0 Å². The third-order valence-electron chi connectivity index (χ3n) is 4.58. The monoisotopic (exact) mass is 369 g/mol. The van der Waals surface area contributed by atoms with Gasteiger partial charge in [-0.15, -0.1) is 0 Å². The summed E-state index contributed by atoms with van der Waals surface area (Å²) in [4.78, 5) is 11.4. The Morgan fingerprint density at radius 2 is 2.08 bits per heavy atom. The van der Waals surface area contributed by atoms with E-state index in [1.807, 2.05) is 47.4 Å². The van der Waals surface area contributed by atoms with Gasteiger partial charge in [-0.1, -0.05) is 11.6 Å². The van der Waals surface area contributed by atoms with Gasteiger partial charge >= 0.3 is 0 Å². The SMILES string of the molecule is COC[C@H]1CCN(c2nccc(-c3cnn(-c4ccc(Cl)cc4)c3)n2)C1. The molecule has 1 fully saturated rings. The molecular formula is C19H20ClN5O. The van der Waals surface area contributed by atoms with Gasteiger partial charge in [-0.25, -0.2) is 14.6 Å². The Morgan fingerprint density at radius 3 is 2.88 bits per heavy atom. The number of benzene rings is 1. The summed E-state index contributed by atoms with van der Waals surface area (Å²) >= 11 is 5.95. The van der Waals surface area contributed by atoms with Crippen LogP contribution in [-0.4, -0.2) is 46.6 Å². The minimum Gasteiger partial charge on any atom is -0.384 e. The largest absolute Gasteiger partial charge is 0.384 e. The van der Waals surface area contributed by atoms with E-state index in [9.17, 15) is 0 Å². The lowest BCUT2D eigenvalue weighted by Crippen LogP contribution is -2.23. The average molecular weight is 370 g/mol. The van der Waals surface area contributed by atoms with Crippen molar-refractivity contribution in [2.75, 3.05) is 31.7 Å². The van der Waals surface area contributed by atoms with Crippen molar-refractivity contribution in [1.82, 2.24) is 19.7 Å². The number of aromatic nitrogens is 4. The van der Waals surface area contributed by atoms with Gasteiger partial charge in [0.25, 0.3) is 0 Å². The van der Waals surface area contributed by atoms with Crippen LogP contribution in [0.1, 0.15) is 6.42 Å². The quantitative estimate of drug-likeness (QED) is 0.689. The van der Waals surface area contributed by atoms with E-state index in [1.54, 1.807) is 13.3 Å². The molecule has 1 aliphatic heterocycles. The second-order valence-electron chi connectivity index (χ2n) is 6.45. The third kappa shape index (κ3) is 3.57. The second-order valence-corrected chi connectivity index (χ2v) is 6.88. The highest BCUT2D eigenvalue weighted by molar-refractivity contribution is 6.30. The van der Waals surface area contributed by atoms with E-state index in [0.29, 0.717) is 10.9 Å². The first kappa shape index (κ1) is 17.0. The molecule has 0 saturated carbocycles.